The fourth-order valence-electron chi connectivity index (χ4n) is 3.39. The highest BCUT2D eigenvalue weighted by Gasteiger charge is 2.26. The zero-order valence-corrected chi connectivity index (χ0v) is 17.1. The van der Waals surface area contributed by atoms with Crippen LogP contribution in [0.4, 0.5) is 11.6 Å². The lowest BCUT2D eigenvalue weighted by Crippen LogP contribution is -2.38. The molecule has 1 aliphatic heterocycles. The minimum absolute atomic E-state index is 0.0359. The Bertz CT molecular complexity index is 976. The summed E-state index contributed by atoms with van der Waals surface area (Å²) in [4.78, 5) is 27.6. The van der Waals surface area contributed by atoms with E-state index in [1.54, 1.807) is 36.9 Å². The number of amides is 1. The van der Waals surface area contributed by atoms with Crippen molar-refractivity contribution in [2.24, 2.45) is 5.92 Å². The Morgan fingerprint density at radius 1 is 1.10 bits per heavy atom. The number of anilines is 2. The van der Waals surface area contributed by atoms with Gasteiger partial charge in [-0.3, -0.25) is 9.78 Å². The minimum Gasteiger partial charge on any atom is -0.485 e. The molecule has 0 saturated carbocycles. The Morgan fingerprint density at radius 2 is 1.90 bits per heavy atom. The summed E-state index contributed by atoms with van der Waals surface area (Å²) in [5.41, 5.74) is 0.995. The number of halogens is 1. The van der Waals surface area contributed by atoms with Crippen LogP contribution in [0.25, 0.3) is 0 Å². The maximum atomic E-state index is 12.8. The van der Waals surface area contributed by atoms with E-state index in [1.165, 1.54) is 0 Å². The van der Waals surface area contributed by atoms with E-state index in [-0.39, 0.29) is 11.8 Å². The number of rotatable bonds is 6. The first kappa shape index (κ1) is 20.1. The summed E-state index contributed by atoms with van der Waals surface area (Å²) in [5.74, 6) is 1.76. The largest absolute Gasteiger partial charge is 0.485 e. The van der Waals surface area contributed by atoms with Crippen LogP contribution in [-0.2, 0) is 11.4 Å². The van der Waals surface area contributed by atoms with Crippen molar-refractivity contribution in [3.63, 3.8) is 0 Å². The van der Waals surface area contributed by atoms with Crippen molar-refractivity contribution < 1.29 is 9.53 Å². The average Bonchev–Trinajstić information content (AvgIpc) is 2.80. The number of nitrogens with zero attached hydrogens (tertiary/aromatic N) is 4. The first-order chi connectivity index (χ1) is 14.7. The SMILES string of the molecule is O=C(Nc1ncccc1OCc1ccncc1)C1CCN(c2ccc(Cl)cn2)CC1. The highest BCUT2D eigenvalue weighted by Crippen LogP contribution is 2.26. The lowest BCUT2D eigenvalue weighted by molar-refractivity contribution is -0.120. The minimum atomic E-state index is -0.0800. The first-order valence-electron chi connectivity index (χ1n) is 9.83. The summed E-state index contributed by atoms with van der Waals surface area (Å²) < 4.78 is 5.86. The van der Waals surface area contributed by atoms with Crippen molar-refractivity contribution in [2.45, 2.75) is 19.4 Å². The molecule has 30 heavy (non-hydrogen) atoms. The molecular formula is C22H22ClN5O2. The summed E-state index contributed by atoms with van der Waals surface area (Å²) in [5, 5.41) is 3.56. The molecule has 0 spiro atoms. The molecular weight excluding hydrogens is 402 g/mol. The highest BCUT2D eigenvalue weighted by molar-refractivity contribution is 6.30. The number of carbonyl (C=O) groups excluding carboxylic acids is 1. The fourth-order valence-corrected chi connectivity index (χ4v) is 3.50. The van der Waals surface area contributed by atoms with Crippen LogP contribution >= 0.6 is 11.6 Å². The molecule has 0 aromatic carbocycles. The molecule has 3 aromatic rings. The quantitative estimate of drug-likeness (QED) is 0.646. The van der Waals surface area contributed by atoms with Crippen molar-refractivity contribution in [1.29, 1.82) is 0 Å². The Kier molecular flexibility index (Phi) is 6.39. The van der Waals surface area contributed by atoms with Crippen molar-refractivity contribution in [2.75, 3.05) is 23.3 Å². The topological polar surface area (TPSA) is 80.2 Å². The molecule has 4 rings (SSSR count). The van der Waals surface area contributed by atoms with E-state index < -0.39 is 0 Å². The van der Waals surface area contributed by atoms with Gasteiger partial charge in [0, 0.05) is 43.8 Å². The van der Waals surface area contributed by atoms with Gasteiger partial charge in [0.1, 0.15) is 12.4 Å². The number of pyridine rings is 3. The fraction of sp³-hybridized carbons (Fsp3) is 0.273. The first-order valence-corrected chi connectivity index (χ1v) is 10.2. The van der Waals surface area contributed by atoms with Gasteiger partial charge in [0.25, 0.3) is 0 Å². The molecule has 154 valence electrons. The molecule has 1 aliphatic rings. The van der Waals surface area contributed by atoms with Crippen molar-refractivity contribution in [1.82, 2.24) is 15.0 Å². The molecule has 0 bridgehead atoms. The van der Waals surface area contributed by atoms with E-state index in [0.29, 0.717) is 23.2 Å². The predicted octanol–water partition coefficient (Wildman–Crippen LogP) is 3.96. The van der Waals surface area contributed by atoms with E-state index in [1.807, 2.05) is 24.3 Å². The van der Waals surface area contributed by atoms with Gasteiger partial charge in [-0.05, 0) is 54.8 Å². The van der Waals surface area contributed by atoms with Gasteiger partial charge in [-0.1, -0.05) is 11.6 Å². The second kappa shape index (κ2) is 9.54. The Labute approximate surface area is 180 Å². The molecule has 1 N–H and O–H groups in total. The molecule has 8 heteroatoms. The third kappa shape index (κ3) is 5.04. The Hall–Kier alpha value is -3.19. The molecule has 0 unspecified atom stereocenters. The molecule has 1 amide bonds. The van der Waals surface area contributed by atoms with Gasteiger partial charge in [0.15, 0.2) is 11.6 Å². The highest BCUT2D eigenvalue weighted by atomic mass is 35.5. The lowest BCUT2D eigenvalue weighted by Gasteiger charge is -2.32. The number of nitrogens with one attached hydrogen (secondary N) is 1. The number of hydrogen-bond donors (Lipinski definition) is 1. The lowest BCUT2D eigenvalue weighted by atomic mass is 9.96. The third-order valence-electron chi connectivity index (χ3n) is 5.06. The van der Waals surface area contributed by atoms with Crippen LogP contribution in [0.1, 0.15) is 18.4 Å². The van der Waals surface area contributed by atoms with E-state index in [0.717, 1.165) is 37.3 Å². The van der Waals surface area contributed by atoms with Crippen LogP contribution in [0, 0.1) is 5.92 Å². The third-order valence-corrected chi connectivity index (χ3v) is 5.28. The standard InChI is InChI=1S/C22H22ClN5O2/c23-18-3-4-20(26-14-18)28-12-7-17(8-13-28)22(29)27-21-19(2-1-9-25-21)30-15-16-5-10-24-11-6-16/h1-6,9-11,14,17H,7-8,12-13,15H2,(H,25,27,29). The van der Waals surface area contributed by atoms with Crippen molar-refractivity contribution in [3.05, 3.63) is 71.8 Å². The Morgan fingerprint density at radius 3 is 2.63 bits per heavy atom. The number of ether oxygens (including phenoxy) is 1. The van der Waals surface area contributed by atoms with Gasteiger partial charge >= 0.3 is 0 Å². The molecule has 0 radical (unpaired) electrons. The van der Waals surface area contributed by atoms with E-state index in [2.05, 4.69) is 25.2 Å². The summed E-state index contributed by atoms with van der Waals surface area (Å²) >= 11 is 5.91. The zero-order valence-electron chi connectivity index (χ0n) is 16.4. The molecule has 1 saturated heterocycles. The monoisotopic (exact) mass is 423 g/mol. The maximum Gasteiger partial charge on any atom is 0.228 e. The normalized spacial score (nSPS) is 14.4. The van der Waals surface area contributed by atoms with Gasteiger partial charge < -0.3 is 15.0 Å². The maximum absolute atomic E-state index is 12.8. The summed E-state index contributed by atoms with van der Waals surface area (Å²) in [7, 11) is 0. The van der Waals surface area contributed by atoms with Crippen LogP contribution in [0.2, 0.25) is 5.02 Å². The van der Waals surface area contributed by atoms with Gasteiger partial charge in [-0.25, -0.2) is 9.97 Å². The molecule has 4 heterocycles. The van der Waals surface area contributed by atoms with Gasteiger partial charge in [0.05, 0.1) is 5.02 Å². The summed E-state index contributed by atoms with van der Waals surface area (Å²) in [6, 6.07) is 11.1. The second-order valence-electron chi connectivity index (χ2n) is 7.08. The number of hydrogen-bond acceptors (Lipinski definition) is 6. The Balaban J connectivity index is 1.33. The van der Waals surface area contributed by atoms with Crippen molar-refractivity contribution in [3.8, 4) is 5.75 Å². The molecule has 7 nitrogen and oxygen atoms in total. The molecule has 0 atom stereocenters. The molecule has 3 aromatic heterocycles. The second-order valence-corrected chi connectivity index (χ2v) is 7.52. The van der Waals surface area contributed by atoms with Crippen LogP contribution in [0.5, 0.6) is 5.75 Å². The average molecular weight is 424 g/mol. The molecule has 0 aliphatic carbocycles. The number of carbonyl (C=O) groups is 1. The smallest absolute Gasteiger partial charge is 0.228 e. The van der Waals surface area contributed by atoms with E-state index in [9.17, 15) is 4.79 Å². The number of piperidine rings is 1. The van der Waals surface area contributed by atoms with Gasteiger partial charge in [0.2, 0.25) is 5.91 Å². The van der Waals surface area contributed by atoms with Crippen LogP contribution in [-0.4, -0.2) is 33.9 Å². The van der Waals surface area contributed by atoms with E-state index >= 15 is 0 Å². The van der Waals surface area contributed by atoms with Crippen LogP contribution in [0.3, 0.4) is 0 Å². The zero-order chi connectivity index (χ0) is 20.8. The summed E-state index contributed by atoms with van der Waals surface area (Å²) in [6.07, 6.45) is 8.22. The predicted molar refractivity (Wildman–Crippen MR) is 116 cm³/mol. The van der Waals surface area contributed by atoms with Gasteiger partial charge in [-0.15, -0.1) is 0 Å². The van der Waals surface area contributed by atoms with Crippen LogP contribution in [0.15, 0.2) is 61.2 Å². The van der Waals surface area contributed by atoms with Crippen molar-refractivity contribution >= 4 is 29.1 Å². The molecule has 1 fully saturated rings. The number of aromatic nitrogens is 3. The van der Waals surface area contributed by atoms with Crippen LogP contribution < -0.4 is 15.0 Å². The van der Waals surface area contributed by atoms with Gasteiger partial charge in [-0.2, -0.15) is 0 Å². The summed E-state index contributed by atoms with van der Waals surface area (Å²) in [6.45, 7) is 1.91. The van der Waals surface area contributed by atoms with E-state index in [4.69, 9.17) is 16.3 Å².